The van der Waals surface area contributed by atoms with Crippen LogP contribution in [0.25, 0.3) is 0 Å². The molecule has 0 aromatic rings. The van der Waals surface area contributed by atoms with Gasteiger partial charge in [-0.2, -0.15) is 17.2 Å². The molecule has 0 atom stereocenters. The van der Waals surface area contributed by atoms with E-state index in [-0.39, 0.29) is 6.10 Å². The topological polar surface area (TPSA) is 89.9 Å². The molecule has 0 radical (unpaired) electrons. The molecule has 0 aliphatic heterocycles. The fourth-order valence-electron chi connectivity index (χ4n) is 2.09. The summed E-state index contributed by atoms with van der Waals surface area (Å²) in [4.78, 5) is 11.2. The molecule has 0 aromatic carbocycles. The number of hydrogen-bond donors (Lipinski definition) is 1. The van der Waals surface area contributed by atoms with E-state index in [0.29, 0.717) is 25.7 Å². The second-order valence-corrected chi connectivity index (χ2v) is 11.9. The van der Waals surface area contributed by atoms with Gasteiger partial charge in [-0.1, -0.05) is 0 Å². The van der Waals surface area contributed by atoms with Crippen LogP contribution in [0.4, 0.5) is 8.78 Å². The lowest BCUT2D eigenvalue weighted by atomic mass is 9.95. The van der Waals surface area contributed by atoms with Gasteiger partial charge in [0.1, 0.15) is 6.10 Å². The van der Waals surface area contributed by atoms with Gasteiger partial charge in [0.2, 0.25) is 0 Å². The average molecular weight is 346 g/mol. The van der Waals surface area contributed by atoms with Crippen LogP contribution in [-0.2, 0) is 24.1 Å². The number of carbonyl (C=O) groups excluding carboxylic acids is 1. The molecule has 0 bridgehead atoms. The molecule has 0 saturated heterocycles. The van der Waals surface area contributed by atoms with E-state index in [2.05, 4.69) is 4.74 Å². The maximum atomic E-state index is 13.0. The number of esters is 1. The molecule has 1 N–H and O–H groups in total. The molecule has 0 amide bonds. The third kappa shape index (κ3) is 5.27. The summed E-state index contributed by atoms with van der Waals surface area (Å²) in [6, 6.07) is 0. The number of halogens is 2. The molecular weight excluding hydrogens is 326 g/mol. The van der Waals surface area contributed by atoms with Crippen molar-refractivity contribution in [3.63, 3.8) is 0 Å². The van der Waals surface area contributed by atoms with E-state index >= 15 is 0 Å². The molecule has 0 aromatic heterocycles. The highest BCUT2D eigenvalue weighted by molar-refractivity contribution is 7.87. The van der Waals surface area contributed by atoms with Gasteiger partial charge < -0.3 is 9.16 Å². The Hall–Kier alpha value is -0.583. The predicted molar refractivity (Wildman–Crippen MR) is 73.1 cm³/mol. The first kappa shape index (κ1) is 18.5. The van der Waals surface area contributed by atoms with Gasteiger partial charge in [0, 0.05) is 6.10 Å². The van der Waals surface area contributed by atoms with Gasteiger partial charge in [-0.3, -0.25) is 4.55 Å². The first-order valence-electron chi connectivity index (χ1n) is 6.56. The molecule has 1 aliphatic rings. The van der Waals surface area contributed by atoms with Crippen LogP contribution in [0, 0.1) is 0 Å². The summed E-state index contributed by atoms with van der Waals surface area (Å²) in [5, 5.41) is -4.93. The molecule has 0 spiro atoms. The van der Waals surface area contributed by atoms with Gasteiger partial charge >= 0.3 is 21.3 Å². The summed E-state index contributed by atoms with van der Waals surface area (Å²) < 4.78 is 65.6. The van der Waals surface area contributed by atoms with Crippen molar-refractivity contribution in [3.05, 3.63) is 0 Å². The van der Waals surface area contributed by atoms with Crippen LogP contribution in [0.15, 0.2) is 0 Å². The first-order chi connectivity index (χ1) is 9.33. The van der Waals surface area contributed by atoms with Crippen LogP contribution >= 0.6 is 0 Å². The Morgan fingerprint density at radius 2 is 1.57 bits per heavy atom. The zero-order valence-electron chi connectivity index (χ0n) is 12.1. The minimum atomic E-state index is -5.81. The lowest BCUT2D eigenvalue weighted by Crippen LogP contribution is -2.42. The molecule has 6 nitrogen and oxygen atoms in total. The molecule has 0 heterocycles. The van der Waals surface area contributed by atoms with E-state index in [1.807, 2.05) is 19.6 Å². The van der Waals surface area contributed by atoms with Crippen LogP contribution in [-0.4, -0.2) is 44.7 Å². The van der Waals surface area contributed by atoms with E-state index in [1.54, 1.807) is 0 Å². The molecule has 0 unspecified atom stereocenters. The molecular formula is C11H20F2O6SSi. The summed E-state index contributed by atoms with van der Waals surface area (Å²) in [7, 11) is -7.51. The SMILES string of the molecule is C[Si](C)(C)OC1CCC(OC(=O)C(F)(F)S(=O)(=O)O)CC1. The molecule has 1 saturated carbocycles. The van der Waals surface area contributed by atoms with Crippen LogP contribution in [0.3, 0.4) is 0 Å². The Morgan fingerprint density at radius 3 is 1.95 bits per heavy atom. The summed E-state index contributed by atoms with van der Waals surface area (Å²) in [6.45, 7) is 6.10. The van der Waals surface area contributed by atoms with Crippen LogP contribution in [0.1, 0.15) is 25.7 Å². The molecule has 10 heteroatoms. The third-order valence-corrected chi connectivity index (χ3v) is 4.83. The summed E-state index contributed by atoms with van der Waals surface area (Å²) >= 11 is 0. The van der Waals surface area contributed by atoms with Crippen molar-refractivity contribution in [2.24, 2.45) is 0 Å². The van der Waals surface area contributed by atoms with Gasteiger partial charge in [0.25, 0.3) is 0 Å². The van der Waals surface area contributed by atoms with E-state index in [4.69, 9.17) is 8.98 Å². The van der Waals surface area contributed by atoms with Gasteiger partial charge in [0.15, 0.2) is 8.32 Å². The number of rotatable bonds is 5. The summed E-state index contributed by atoms with van der Waals surface area (Å²) in [5.74, 6) is -2.24. The molecule has 21 heavy (non-hydrogen) atoms. The lowest BCUT2D eigenvalue weighted by Gasteiger charge is -2.32. The highest BCUT2D eigenvalue weighted by Crippen LogP contribution is 2.29. The molecule has 1 aliphatic carbocycles. The quantitative estimate of drug-likeness (QED) is 0.466. The predicted octanol–water partition coefficient (Wildman–Crippen LogP) is 2.17. The van der Waals surface area contributed by atoms with Crippen molar-refractivity contribution < 1.29 is 35.7 Å². The second-order valence-electron chi connectivity index (χ2n) is 6.03. The van der Waals surface area contributed by atoms with Gasteiger partial charge in [-0.05, 0) is 45.3 Å². The molecule has 1 fully saturated rings. The minimum Gasteiger partial charge on any atom is -0.457 e. The van der Waals surface area contributed by atoms with Gasteiger partial charge in [-0.15, -0.1) is 0 Å². The monoisotopic (exact) mass is 346 g/mol. The van der Waals surface area contributed by atoms with Crippen LogP contribution in [0.2, 0.25) is 19.6 Å². The fraction of sp³-hybridized carbons (Fsp3) is 0.909. The molecule has 1 rings (SSSR count). The zero-order chi connectivity index (χ0) is 16.5. The Balaban J connectivity index is 2.52. The van der Waals surface area contributed by atoms with Crippen molar-refractivity contribution in [2.45, 2.75) is 62.8 Å². The fourth-order valence-corrected chi connectivity index (χ4v) is 3.59. The van der Waals surface area contributed by atoms with Crippen molar-refractivity contribution in [1.29, 1.82) is 0 Å². The normalized spacial score (nSPS) is 24.7. The maximum absolute atomic E-state index is 13.0. The number of hydrogen-bond acceptors (Lipinski definition) is 5. The standard InChI is InChI=1S/C11H20F2O6SSi/c1-21(2,3)19-9-6-4-8(5-7-9)18-10(14)11(12,13)20(15,16)17/h8-9H,4-7H2,1-3H3,(H,15,16,17). The Labute approximate surface area is 123 Å². The van der Waals surface area contributed by atoms with Crippen molar-refractivity contribution >= 4 is 24.4 Å². The van der Waals surface area contributed by atoms with Crippen molar-refractivity contribution in [1.82, 2.24) is 0 Å². The summed E-state index contributed by atoms with van der Waals surface area (Å²) in [5.41, 5.74) is 0. The Kier molecular flexibility index (Phi) is 5.51. The lowest BCUT2D eigenvalue weighted by molar-refractivity contribution is -0.169. The van der Waals surface area contributed by atoms with E-state index < -0.39 is 35.8 Å². The number of carbonyl (C=O) groups is 1. The Morgan fingerprint density at radius 1 is 1.14 bits per heavy atom. The highest BCUT2D eigenvalue weighted by atomic mass is 32.2. The van der Waals surface area contributed by atoms with Crippen molar-refractivity contribution in [2.75, 3.05) is 0 Å². The highest BCUT2D eigenvalue weighted by Gasteiger charge is 2.54. The van der Waals surface area contributed by atoms with Crippen LogP contribution < -0.4 is 0 Å². The smallest absolute Gasteiger partial charge is 0.457 e. The Bertz CT molecular complexity index is 479. The third-order valence-electron chi connectivity index (χ3n) is 2.98. The van der Waals surface area contributed by atoms with Crippen molar-refractivity contribution in [3.8, 4) is 0 Å². The van der Waals surface area contributed by atoms with Gasteiger partial charge in [0.05, 0.1) is 0 Å². The largest absolute Gasteiger partial charge is 0.465 e. The maximum Gasteiger partial charge on any atom is 0.465 e. The van der Waals surface area contributed by atoms with Gasteiger partial charge in [-0.25, -0.2) is 4.79 Å². The molecule has 124 valence electrons. The first-order valence-corrected chi connectivity index (χ1v) is 11.4. The second kappa shape index (κ2) is 6.27. The number of ether oxygens (including phenoxy) is 1. The summed E-state index contributed by atoms with van der Waals surface area (Å²) in [6.07, 6.45) is 0.977. The van der Waals surface area contributed by atoms with E-state index in [0.717, 1.165) is 0 Å². The average Bonchev–Trinajstić information content (AvgIpc) is 2.28. The van der Waals surface area contributed by atoms with E-state index in [9.17, 15) is 22.0 Å². The number of alkyl halides is 2. The van der Waals surface area contributed by atoms with E-state index in [1.165, 1.54) is 0 Å². The minimum absolute atomic E-state index is 0.00806. The van der Waals surface area contributed by atoms with Crippen LogP contribution in [0.5, 0.6) is 0 Å². The zero-order valence-corrected chi connectivity index (χ0v) is 14.0.